The van der Waals surface area contributed by atoms with Gasteiger partial charge in [0, 0.05) is 17.3 Å². The van der Waals surface area contributed by atoms with Crippen LogP contribution in [0.5, 0.6) is 11.6 Å². The number of nitrogens with zero attached hydrogens (tertiary/aromatic N) is 4. The Kier molecular flexibility index (Phi) is 5.15. The van der Waals surface area contributed by atoms with Crippen LogP contribution in [0.15, 0.2) is 61.1 Å². The lowest BCUT2D eigenvalue weighted by Gasteiger charge is -2.09. The molecule has 0 radical (unpaired) electrons. The molecule has 0 aliphatic heterocycles. The van der Waals surface area contributed by atoms with Crippen LogP contribution in [0.1, 0.15) is 16.2 Å². The van der Waals surface area contributed by atoms with Gasteiger partial charge in [-0.05, 0) is 48.0 Å². The minimum atomic E-state index is -0.258. The van der Waals surface area contributed by atoms with Gasteiger partial charge in [0.1, 0.15) is 23.7 Å². The number of aromatic nitrogens is 6. The Bertz CT molecular complexity index is 1440. The van der Waals surface area contributed by atoms with E-state index in [2.05, 4.69) is 35.5 Å². The Hall–Kier alpha value is -4.73. The minimum Gasteiger partial charge on any atom is -0.507 e. The second-order valence-corrected chi connectivity index (χ2v) is 7.22. The molecule has 10 heteroatoms. The average molecular weight is 441 g/mol. The van der Waals surface area contributed by atoms with Crippen molar-refractivity contribution in [3.05, 3.63) is 72.4 Å². The fraction of sp³-hybridized carbons (Fsp3) is 0.0870. The van der Waals surface area contributed by atoms with Gasteiger partial charge in [-0.15, -0.1) is 0 Å². The van der Waals surface area contributed by atoms with Crippen molar-refractivity contribution in [2.75, 3.05) is 7.11 Å². The van der Waals surface area contributed by atoms with Crippen LogP contribution in [0.25, 0.3) is 33.5 Å². The molecule has 5 rings (SSSR count). The summed E-state index contributed by atoms with van der Waals surface area (Å²) in [7, 11) is 1.56. The summed E-state index contributed by atoms with van der Waals surface area (Å²) >= 11 is 0. The molecule has 0 bridgehead atoms. The highest BCUT2D eigenvalue weighted by Gasteiger charge is 2.15. The molecule has 3 aromatic heterocycles. The first kappa shape index (κ1) is 20.2. The second-order valence-electron chi connectivity index (χ2n) is 7.22. The first-order valence-corrected chi connectivity index (χ1v) is 10.1. The zero-order chi connectivity index (χ0) is 22.8. The molecular weight excluding hydrogens is 422 g/mol. The number of carbonyl (C=O) groups excluding carboxylic acids is 1. The molecule has 0 aliphatic carbocycles. The summed E-state index contributed by atoms with van der Waals surface area (Å²) < 4.78 is 5.36. The molecule has 0 spiro atoms. The number of phenolic OH excluding ortho intramolecular Hbond substituents is 1. The molecule has 0 fully saturated rings. The van der Waals surface area contributed by atoms with Crippen molar-refractivity contribution in [2.45, 2.75) is 6.54 Å². The van der Waals surface area contributed by atoms with Crippen molar-refractivity contribution < 1.29 is 14.6 Å². The second kappa shape index (κ2) is 8.42. The van der Waals surface area contributed by atoms with E-state index in [9.17, 15) is 9.90 Å². The summed E-state index contributed by atoms with van der Waals surface area (Å²) in [5.74, 6) is 1.34. The number of aromatic hydroxyl groups is 1. The maximum absolute atomic E-state index is 12.5. The molecule has 0 saturated heterocycles. The molecular formula is C23H19N7O3. The molecule has 4 N–H and O–H groups in total. The van der Waals surface area contributed by atoms with E-state index in [4.69, 9.17) is 4.74 Å². The van der Waals surface area contributed by atoms with Crippen LogP contribution in [-0.4, -0.2) is 48.3 Å². The summed E-state index contributed by atoms with van der Waals surface area (Å²) in [6.45, 7) is 0.237. The number of imidazole rings is 1. The number of pyridine rings is 1. The Morgan fingerprint density at radius 1 is 1.12 bits per heavy atom. The summed E-state index contributed by atoms with van der Waals surface area (Å²) in [6, 6.07) is 14.1. The first-order chi connectivity index (χ1) is 16.1. The van der Waals surface area contributed by atoms with Crippen LogP contribution in [0.4, 0.5) is 0 Å². The monoisotopic (exact) mass is 441 g/mol. The van der Waals surface area contributed by atoms with Crippen LogP contribution >= 0.6 is 0 Å². The number of carbonyl (C=O) groups is 1. The number of hydrogen-bond acceptors (Lipinski definition) is 7. The van der Waals surface area contributed by atoms with Gasteiger partial charge in [0.25, 0.3) is 5.91 Å². The van der Waals surface area contributed by atoms with E-state index < -0.39 is 0 Å². The van der Waals surface area contributed by atoms with E-state index >= 15 is 0 Å². The molecule has 10 nitrogen and oxygen atoms in total. The third kappa shape index (κ3) is 3.97. The zero-order valence-corrected chi connectivity index (χ0v) is 17.5. The molecule has 164 valence electrons. The molecule has 0 saturated carbocycles. The van der Waals surface area contributed by atoms with E-state index in [-0.39, 0.29) is 18.2 Å². The molecule has 2 aromatic carbocycles. The zero-order valence-electron chi connectivity index (χ0n) is 17.5. The highest BCUT2D eigenvalue weighted by molar-refractivity contribution is 5.97. The smallest absolute Gasteiger partial charge is 0.251 e. The van der Waals surface area contributed by atoms with Crippen LogP contribution in [-0.2, 0) is 6.54 Å². The van der Waals surface area contributed by atoms with Crippen molar-refractivity contribution in [2.24, 2.45) is 0 Å². The number of phenols is 1. The number of benzene rings is 2. The summed E-state index contributed by atoms with van der Waals surface area (Å²) in [5.41, 5.74) is 3.93. The highest BCUT2D eigenvalue weighted by Crippen LogP contribution is 2.35. The molecule has 0 atom stereocenters. The topological polar surface area (TPSA) is 142 Å². The maximum atomic E-state index is 12.5. The number of aromatic amines is 2. The fourth-order valence-corrected chi connectivity index (χ4v) is 3.52. The summed E-state index contributed by atoms with van der Waals surface area (Å²) in [5, 5.41) is 19.7. The van der Waals surface area contributed by atoms with Gasteiger partial charge in [0.05, 0.1) is 30.3 Å². The van der Waals surface area contributed by atoms with Crippen LogP contribution in [0, 0.1) is 0 Å². The number of methoxy groups -OCH3 is 1. The summed E-state index contributed by atoms with van der Waals surface area (Å²) in [4.78, 5) is 28.5. The van der Waals surface area contributed by atoms with Crippen molar-refractivity contribution in [3.63, 3.8) is 0 Å². The van der Waals surface area contributed by atoms with Crippen molar-refractivity contribution in [1.82, 2.24) is 35.5 Å². The number of nitrogens with one attached hydrogen (secondary N) is 3. The minimum absolute atomic E-state index is 0.0747. The number of hydrogen-bond donors (Lipinski definition) is 4. The van der Waals surface area contributed by atoms with Crippen LogP contribution < -0.4 is 10.1 Å². The van der Waals surface area contributed by atoms with Crippen molar-refractivity contribution >= 4 is 16.9 Å². The van der Waals surface area contributed by atoms with Gasteiger partial charge in [0.15, 0.2) is 0 Å². The van der Waals surface area contributed by atoms with Gasteiger partial charge in [-0.25, -0.2) is 15.0 Å². The van der Waals surface area contributed by atoms with Crippen molar-refractivity contribution in [1.29, 1.82) is 0 Å². The van der Waals surface area contributed by atoms with Gasteiger partial charge >= 0.3 is 0 Å². The molecule has 1 amide bonds. The Balaban J connectivity index is 1.46. The first-order valence-electron chi connectivity index (χ1n) is 10.1. The standard InChI is InChI=1S/C23H19N7O3/c1-33-23-15(3-2-8-24-23)13-5-7-19(31)16(9-13)21-28-17-6-4-14(10-18(17)29-21)22(32)25-11-20-26-12-27-30-20/h2-10,12,31H,11H2,1H3,(H,25,32)(H,28,29)(H,26,27,30). The van der Waals surface area contributed by atoms with E-state index in [0.29, 0.717) is 34.2 Å². The van der Waals surface area contributed by atoms with Gasteiger partial charge < -0.3 is 20.1 Å². The highest BCUT2D eigenvalue weighted by atomic mass is 16.5. The van der Waals surface area contributed by atoms with Gasteiger partial charge in [-0.2, -0.15) is 5.10 Å². The van der Waals surface area contributed by atoms with Crippen LogP contribution in [0.3, 0.4) is 0 Å². The number of ether oxygens (including phenoxy) is 1. The number of rotatable bonds is 6. The predicted molar refractivity (Wildman–Crippen MR) is 121 cm³/mol. The van der Waals surface area contributed by atoms with E-state index in [0.717, 1.165) is 16.6 Å². The Morgan fingerprint density at radius 3 is 2.85 bits per heavy atom. The molecule has 33 heavy (non-hydrogen) atoms. The largest absolute Gasteiger partial charge is 0.507 e. The average Bonchev–Trinajstić information content (AvgIpc) is 3.52. The lowest BCUT2D eigenvalue weighted by atomic mass is 10.0. The van der Waals surface area contributed by atoms with Gasteiger partial charge in [-0.3, -0.25) is 9.89 Å². The SMILES string of the molecule is COc1ncccc1-c1ccc(O)c(-c2nc3cc(C(=O)NCc4ncn[nH]4)ccc3[nH]2)c1. The molecule has 5 aromatic rings. The normalized spacial score (nSPS) is 10.9. The lowest BCUT2D eigenvalue weighted by molar-refractivity contribution is 0.0950. The van der Waals surface area contributed by atoms with E-state index in [1.807, 2.05) is 18.2 Å². The van der Waals surface area contributed by atoms with Crippen LogP contribution in [0.2, 0.25) is 0 Å². The Morgan fingerprint density at radius 2 is 2.03 bits per heavy atom. The number of H-pyrrole nitrogens is 2. The summed E-state index contributed by atoms with van der Waals surface area (Å²) in [6.07, 6.45) is 3.04. The maximum Gasteiger partial charge on any atom is 0.251 e. The van der Waals surface area contributed by atoms with E-state index in [1.165, 1.54) is 6.33 Å². The number of amides is 1. The fourth-order valence-electron chi connectivity index (χ4n) is 3.52. The molecule has 0 unspecified atom stereocenters. The van der Waals surface area contributed by atoms with E-state index in [1.54, 1.807) is 43.6 Å². The number of fused-ring (bicyclic) bond motifs is 1. The van der Waals surface area contributed by atoms with Gasteiger partial charge in [0.2, 0.25) is 5.88 Å². The van der Waals surface area contributed by atoms with Crippen molar-refractivity contribution in [3.8, 4) is 34.1 Å². The third-order valence-electron chi connectivity index (χ3n) is 5.15. The predicted octanol–water partition coefficient (Wildman–Crippen LogP) is 3.05. The quantitative estimate of drug-likeness (QED) is 0.317. The molecule has 0 aliphatic rings. The third-order valence-corrected chi connectivity index (χ3v) is 5.15. The Labute approximate surface area is 187 Å². The molecule has 3 heterocycles. The lowest BCUT2D eigenvalue weighted by Crippen LogP contribution is -2.23. The van der Waals surface area contributed by atoms with Gasteiger partial charge in [-0.1, -0.05) is 6.07 Å².